The van der Waals surface area contributed by atoms with Crippen molar-refractivity contribution in [1.29, 1.82) is 0 Å². The number of benzene rings is 2. The molecule has 0 bridgehead atoms. The first-order valence-corrected chi connectivity index (χ1v) is 10.2. The number of thioether (sulfide) groups is 1. The maximum atomic E-state index is 12.6. The summed E-state index contributed by atoms with van der Waals surface area (Å²) in [5, 5.41) is 6.72. The van der Waals surface area contributed by atoms with E-state index in [0.29, 0.717) is 5.56 Å². The molecule has 158 valence electrons. The number of rotatable bonds is 9. The Morgan fingerprint density at radius 2 is 1.97 bits per heavy atom. The van der Waals surface area contributed by atoms with Crippen LogP contribution >= 0.6 is 11.8 Å². The molecule has 0 aliphatic carbocycles. The lowest BCUT2D eigenvalue weighted by atomic mass is 10.2. The summed E-state index contributed by atoms with van der Waals surface area (Å²) in [5.41, 5.74) is 1.04. The van der Waals surface area contributed by atoms with Gasteiger partial charge in [-0.05, 0) is 37.6 Å². The van der Waals surface area contributed by atoms with Crippen LogP contribution in [0.5, 0.6) is 5.75 Å². The minimum absolute atomic E-state index is 0.0416. The number of carbonyl (C=O) groups excluding carboxylic acids is 1. The number of para-hydroxylation sites is 2. The van der Waals surface area contributed by atoms with Gasteiger partial charge in [0.2, 0.25) is 17.6 Å². The van der Waals surface area contributed by atoms with E-state index < -0.39 is 6.61 Å². The number of nitrogens with zero attached hydrogens (tertiary/aromatic N) is 3. The quantitative estimate of drug-likeness (QED) is 0.507. The molecule has 1 heterocycles. The zero-order valence-corrected chi connectivity index (χ0v) is 17.2. The van der Waals surface area contributed by atoms with Crippen LogP contribution in [0.15, 0.2) is 57.9 Å². The number of carbonyl (C=O) groups is 1. The Labute approximate surface area is 176 Å². The largest absolute Gasteiger partial charge is 0.434 e. The smallest absolute Gasteiger partial charge is 0.387 e. The van der Waals surface area contributed by atoms with Crippen LogP contribution in [-0.2, 0) is 11.3 Å². The van der Waals surface area contributed by atoms with Crippen molar-refractivity contribution in [3.63, 3.8) is 0 Å². The van der Waals surface area contributed by atoms with E-state index in [1.54, 1.807) is 41.9 Å². The topological polar surface area (TPSA) is 80.5 Å². The van der Waals surface area contributed by atoms with Crippen molar-refractivity contribution in [2.75, 3.05) is 25.2 Å². The molecule has 0 unspecified atom stereocenters. The highest BCUT2D eigenvalue weighted by Gasteiger charge is 2.17. The molecule has 1 aromatic heterocycles. The number of ether oxygens (including phenoxy) is 1. The highest BCUT2D eigenvalue weighted by molar-refractivity contribution is 7.98. The molecule has 0 radical (unpaired) electrons. The average Bonchev–Trinajstić information content (AvgIpc) is 3.16. The Morgan fingerprint density at radius 1 is 1.23 bits per heavy atom. The Bertz CT molecular complexity index is 999. The number of hydrogen-bond acceptors (Lipinski definition) is 7. The van der Waals surface area contributed by atoms with E-state index in [9.17, 15) is 13.6 Å². The van der Waals surface area contributed by atoms with Crippen molar-refractivity contribution in [3.05, 3.63) is 54.4 Å². The Kier molecular flexibility index (Phi) is 7.36. The first-order chi connectivity index (χ1) is 14.5. The minimum Gasteiger partial charge on any atom is -0.434 e. The van der Waals surface area contributed by atoms with Crippen molar-refractivity contribution < 1.29 is 22.8 Å². The lowest BCUT2D eigenvalue weighted by Crippen LogP contribution is -2.30. The maximum absolute atomic E-state index is 12.6. The van der Waals surface area contributed by atoms with Crippen molar-refractivity contribution in [2.45, 2.75) is 18.1 Å². The van der Waals surface area contributed by atoms with Crippen molar-refractivity contribution in [1.82, 2.24) is 15.0 Å². The molecule has 0 aliphatic rings. The summed E-state index contributed by atoms with van der Waals surface area (Å²) in [7, 11) is 1.73. The van der Waals surface area contributed by atoms with Gasteiger partial charge < -0.3 is 14.6 Å². The van der Waals surface area contributed by atoms with Crippen LogP contribution in [0.2, 0.25) is 0 Å². The van der Waals surface area contributed by atoms with Gasteiger partial charge in [0, 0.05) is 4.90 Å². The first kappa shape index (κ1) is 21.7. The molecule has 1 amide bonds. The second kappa shape index (κ2) is 10.2. The highest BCUT2D eigenvalue weighted by Crippen LogP contribution is 2.29. The van der Waals surface area contributed by atoms with Crippen LogP contribution in [0.25, 0.3) is 11.4 Å². The molecule has 3 aromatic rings. The van der Waals surface area contributed by atoms with E-state index in [4.69, 9.17) is 4.52 Å². The third-order valence-corrected chi connectivity index (χ3v) is 4.81. The van der Waals surface area contributed by atoms with Crippen LogP contribution in [0.1, 0.15) is 5.89 Å². The van der Waals surface area contributed by atoms with Gasteiger partial charge in [0.05, 0.1) is 24.3 Å². The third-order valence-electron chi connectivity index (χ3n) is 4.01. The molecule has 0 aliphatic heterocycles. The van der Waals surface area contributed by atoms with E-state index in [0.717, 1.165) is 10.6 Å². The van der Waals surface area contributed by atoms with Crippen molar-refractivity contribution in [3.8, 4) is 17.1 Å². The molecular weight excluding hydrogens is 414 g/mol. The maximum Gasteiger partial charge on any atom is 0.387 e. The summed E-state index contributed by atoms with van der Waals surface area (Å²) in [4.78, 5) is 19.2. The monoisotopic (exact) mass is 434 g/mol. The fourth-order valence-electron chi connectivity index (χ4n) is 2.75. The minimum atomic E-state index is -2.96. The normalized spacial score (nSPS) is 11.1. The predicted molar refractivity (Wildman–Crippen MR) is 110 cm³/mol. The molecule has 10 heteroatoms. The highest BCUT2D eigenvalue weighted by atomic mass is 32.2. The number of hydrogen-bond donors (Lipinski definition) is 1. The molecule has 3 rings (SSSR count). The van der Waals surface area contributed by atoms with Gasteiger partial charge in [-0.2, -0.15) is 13.8 Å². The lowest BCUT2D eigenvalue weighted by Gasteiger charge is -2.15. The number of anilines is 1. The summed E-state index contributed by atoms with van der Waals surface area (Å²) < 4.78 is 34.9. The van der Waals surface area contributed by atoms with Gasteiger partial charge in [0.1, 0.15) is 5.75 Å². The zero-order chi connectivity index (χ0) is 21.5. The molecule has 0 fully saturated rings. The van der Waals surface area contributed by atoms with E-state index in [1.807, 2.05) is 30.5 Å². The first-order valence-electron chi connectivity index (χ1n) is 8.94. The second-order valence-electron chi connectivity index (χ2n) is 6.31. The average molecular weight is 434 g/mol. The molecule has 30 heavy (non-hydrogen) atoms. The Morgan fingerprint density at radius 3 is 2.73 bits per heavy atom. The lowest BCUT2D eigenvalue weighted by molar-refractivity contribution is -0.117. The van der Waals surface area contributed by atoms with E-state index in [-0.39, 0.29) is 36.5 Å². The Balaban J connectivity index is 1.61. The van der Waals surface area contributed by atoms with Crippen LogP contribution in [0.4, 0.5) is 14.5 Å². The second-order valence-corrected chi connectivity index (χ2v) is 7.16. The number of amides is 1. The van der Waals surface area contributed by atoms with Gasteiger partial charge in [0.15, 0.2) is 0 Å². The third kappa shape index (κ3) is 5.77. The molecule has 0 saturated carbocycles. The van der Waals surface area contributed by atoms with E-state index >= 15 is 0 Å². The summed E-state index contributed by atoms with van der Waals surface area (Å²) >= 11 is 1.55. The fourth-order valence-corrected chi connectivity index (χ4v) is 3.30. The summed E-state index contributed by atoms with van der Waals surface area (Å²) in [6.07, 6.45) is 1.94. The molecule has 1 N–H and O–H groups in total. The zero-order valence-electron chi connectivity index (χ0n) is 16.3. The number of alkyl halides is 2. The summed E-state index contributed by atoms with van der Waals surface area (Å²) in [5.74, 6) is 0.152. The van der Waals surface area contributed by atoms with Crippen molar-refractivity contribution in [2.24, 2.45) is 0 Å². The molecule has 0 atom stereocenters. The van der Waals surface area contributed by atoms with Gasteiger partial charge in [-0.3, -0.25) is 9.69 Å². The van der Waals surface area contributed by atoms with E-state index in [2.05, 4.69) is 20.2 Å². The van der Waals surface area contributed by atoms with E-state index in [1.165, 1.54) is 6.07 Å². The van der Waals surface area contributed by atoms with Crippen LogP contribution in [-0.4, -0.2) is 47.4 Å². The molecule has 2 aromatic carbocycles. The van der Waals surface area contributed by atoms with Gasteiger partial charge in [-0.25, -0.2) is 0 Å². The molecule has 0 saturated heterocycles. The number of aromatic nitrogens is 2. The van der Waals surface area contributed by atoms with Gasteiger partial charge in [0.25, 0.3) is 0 Å². The number of halogens is 2. The summed E-state index contributed by atoms with van der Waals surface area (Å²) in [6.45, 7) is -2.65. The van der Waals surface area contributed by atoms with Gasteiger partial charge in [-0.15, -0.1) is 11.8 Å². The van der Waals surface area contributed by atoms with Gasteiger partial charge in [-0.1, -0.05) is 29.4 Å². The van der Waals surface area contributed by atoms with Gasteiger partial charge >= 0.3 is 6.61 Å². The van der Waals surface area contributed by atoms with Crippen molar-refractivity contribution >= 4 is 23.4 Å². The SMILES string of the molecule is CSc1ccccc1NC(=O)CN(C)Cc1nc(-c2ccccc2OC(F)F)no1. The predicted octanol–water partition coefficient (Wildman–Crippen LogP) is 4.13. The number of likely N-dealkylation sites (N-methyl/N-ethyl adjacent to an activating group) is 1. The van der Waals surface area contributed by atoms with Crippen LogP contribution in [0, 0.1) is 0 Å². The summed E-state index contributed by atoms with van der Waals surface area (Å²) in [6, 6.07) is 13.7. The van der Waals surface area contributed by atoms with Crippen LogP contribution in [0.3, 0.4) is 0 Å². The molecule has 0 spiro atoms. The Hall–Kier alpha value is -2.98. The molecule has 7 nitrogen and oxygen atoms in total. The molecular formula is C20H20F2N4O3S. The van der Waals surface area contributed by atoms with Crippen LogP contribution < -0.4 is 10.1 Å². The standard InChI is InChI=1S/C20H20F2N4O3S/c1-26(11-17(27)23-14-8-4-6-10-16(14)30-2)12-18-24-19(25-29-18)13-7-3-5-9-15(13)28-20(21)22/h3-10,20H,11-12H2,1-2H3,(H,23,27). The fraction of sp³-hybridized carbons (Fsp3) is 0.250. The number of nitrogens with one attached hydrogen (secondary N) is 1.